The van der Waals surface area contributed by atoms with Crippen molar-refractivity contribution in [2.75, 3.05) is 6.61 Å². The van der Waals surface area contributed by atoms with Crippen molar-refractivity contribution in [2.24, 2.45) is 5.73 Å². The summed E-state index contributed by atoms with van der Waals surface area (Å²) in [7, 11) is 0. The summed E-state index contributed by atoms with van der Waals surface area (Å²) in [6.45, 7) is 4.52. The monoisotopic (exact) mass is 277 g/mol. The van der Waals surface area contributed by atoms with E-state index in [2.05, 4.69) is 12.2 Å². The maximum Gasteiger partial charge on any atom is 0.251 e. The lowest BCUT2D eigenvalue weighted by Gasteiger charge is -2.12. The van der Waals surface area contributed by atoms with Gasteiger partial charge in [0.15, 0.2) is 0 Å². The topological polar surface area (TPSA) is 88.2 Å². The molecule has 0 aromatic heterocycles. The second kappa shape index (κ2) is 8.19. The maximum atomic E-state index is 11.9. The van der Waals surface area contributed by atoms with Gasteiger partial charge in [0, 0.05) is 5.56 Å². The summed E-state index contributed by atoms with van der Waals surface area (Å²) in [5, 5.41) is 9.89. The van der Waals surface area contributed by atoms with Gasteiger partial charge in [-0.25, -0.2) is 0 Å². The molecule has 4 N–H and O–H groups in total. The van der Waals surface area contributed by atoms with E-state index in [4.69, 9.17) is 15.9 Å². The van der Waals surface area contributed by atoms with Crippen LogP contribution in [0.1, 0.15) is 43.5 Å². The van der Waals surface area contributed by atoms with E-state index in [1.54, 1.807) is 31.2 Å². The first kappa shape index (κ1) is 16.0. The molecule has 1 unspecified atom stereocenters. The van der Waals surface area contributed by atoms with E-state index in [1.165, 1.54) is 0 Å². The number of hydrogen-bond donors (Lipinski definition) is 3. The molecule has 20 heavy (non-hydrogen) atoms. The first-order valence-electron chi connectivity index (χ1n) is 6.92. The van der Waals surface area contributed by atoms with Gasteiger partial charge < -0.3 is 15.8 Å². The zero-order valence-electron chi connectivity index (χ0n) is 12.1. The molecule has 0 aliphatic heterocycles. The molecule has 0 heterocycles. The molecular weight excluding hydrogens is 254 g/mol. The molecule has 1 aromatic carbocycles. The molecule has 110 valence electrons. The number of amides is 1. The number of carbonyl (C=O) groups is 1. The van der Waals surface area contributed by atoms with Crippen LogP contribution in [0.5, 0.6) is 5.75 Å². The third-order valence-corrected chi connectivity index (χ3v) is 2.95. The lowest BCUT2D eigenvalue weighted by atomic mass is 10.2. The van der Waals surface area contributed by atoms with Gasteiger partial charge in [-0.1, -0.05) is 19.8 Å². The molecule has 0 radical (unpaired) electrons. The molecule has 1 rings (SSSR count). The van der Waals surface area contributed by atoms with Crippen molar-refractivity contribution in [3.05, 3.63) is 29.8 Å². The molecule has 0 bridgehead atoms. The zero-order chi connectivity index (χ0) is 15.0. The average molecular weight is 277 g/mol. The highest BCUT2D eigenvalue weighted by Crippen LogP contribution is 2.13. The Hall–Kier alpha value is -2.04. The highest BCUT2D eigenvalue weighted by Gasteiger charge is 2.11. The van der Waals surface area contributed by atoms with Crippen LogP contribution in [0.3, 0.4) is 0 Å². The number of rotatable bonds is 8. The van der Waals surface area contributed by atoms with Gasteiger partial charge in [-0.3, -0.25) is 10.2 Å². The van der Waals surface area contributed by atoms with Crippen LogP contribution in [0.2, 0.25) is 0 Å². The van der Waals surface area contributed by atoms with Crippen molar-refractivity contribution < 1.29 is 9.53 Å². The zero-order valence-corrected chi connectivity index (χ0v) is 12.1. The minimum absolute atomic E-state index is 0.0609. The van der Waals surface area contributed by atoms with Crippen molar-refractivity contribution in [2.45, 2.75) is 39.2 Å². The smallest absolute Gasteiger partial charge is 0.251 e. The van der Waals surface area contributed by atoms with E-state index < -0.39 is 6.04 Å². The number of unbranched alkanes of at least 4 members (excludes halogenated alkanes) is 2. The van der Waals surface area contributed by atoms with Crippen LogP contribution in [0.25, 0.3) is 0 Å². The van der Waals surface area contributed by atoms with Crippen LogP contribution >= 0.6 is 0 Å². The third-order valence-electron chi connectivity index (χ3n) is 2.95. The standard InChI is InChI=1S/C15H23N3O2/c1-3-4-5-10-20-13-8-6-12(7-9-13)15(19)18-11(2)14(16)17/h6-9,11H,3-5,10H2,1-2H3,(H3,16,17)(H,18,19). The molecule has 0 saturated carbocycles. The Kier molecular flexibility index (Phi) is 6.56. The van der Waals surface area contributed by atoms with Gasteiger partial charge in [-0.05, 0) is 37.6 Å². The molecule has 1 atom stereocenters. The van der Waals surface area contributed by atoms with Gasteiger partial charge >= 0.3 is 0 Å². The number of nitrogens with two attached hydrogens (primary N) is 1. The highest BCUT2D eigenvalue weighted by atomic mass is 16.5. The molecule has 5 nitrogen and oxygen atoms in total. The van der Waals surface area contributed by atoms with E-state index in [9.17, 15) is 4.79 Å². The Morgan fingerprint density at radius 2 is 2.00 bits per heavy atom. The average Bonchev–Trinajstić information content (AvgIpc) is 2.44. The van der Waals surface area contributed by atoms with E-state index in [0.717, 1.165) is 25.0 Å². The van der Waals surface area contributed by atoms with E-state index in [0.29, 0.717) is 12.2 Å². The maximum absolute atomic E-state index is 11.9. The first-order chi connectivity index (χ1) is 9.54. The van der Waals surface area contributed by atoms with E-state index >= 15 is 0 Å². The Labute approximate surface area is 120 Å². The van der Waals surface area contributed by atoms with Gasteiger partial charge in [0.05, 0.1) is 12.6 Å². The predicted octanol–water partition coefficient (Wildman–Crippen LogP) is 2.31. The van der Waals surface area contributed by atoms with Crippen molar-refractivity contribution in [3.63, 3.8) is 0 Å². The fourth-order valence-corrected chi connectivity index (χ4v) is 1.60. The van der Waals surface area contributed by atoms with Gasteiger partial charge in [-0.2, -0.15) is 0 Å². The Morgan fingerprint density at radius 3 is 2.55 bits per heavy atom. The number of carbonyl (C=O) groups excluding carboxylic acids is 1. The normalized spacial score (nSPS) is 11.7. The molecule has 5 heteroatoms. The molecule has 0 fully saturated rings. The number of nitrogens with one attached hydrogen (secondary N) is 2. The predicted molar refractivity (Wildman–Crippen MR) is 80.3 cm³/mol. The highest BCUT2D eigenvalue weighted by molar-refractivity contribution is 5.97. The Morgan fingerprint density at radius 1 is 1.35 bits per heavy atom. The number of ether oxygens (including phenoxy) is 1. The van der Waals surface area contributed by atoms with Crippen LogP contribution in [0, 0.1) is 5.41 Å². The summed E-state index contributed by atoms with van der Waals surface area (Å²) >= 11 is 0. The van der Waals surface area contributed by atoms with Crippen molar-refractivity contribution >= 4 is 11.7 Å². The molecule has 1 aromatic rings. The van der Waals surface area contributed by atoms with Crippen LogP contribution in [0.4, 0.5) is 0 Å². The van der Waals surface area contributed by atoms with Crippen LogP contribution < -0.4 is 15.8 Å². The largest absolute Gasteiger partial charge is 0.494 e. The Balaban J connectivity index is 2.49. The summed E-state index contributed by atoms with van der Waals surface area (Å²) in [5.74, 6) is 0.455. The second-order valence-electron chi connectivity index (χ2n) is 4.73. The molecule has 1 amide bonds. The van der Waals surface area contributed by atoms with Crippen LogP contribution in [-0.2, 0) is 0 Å². The van der Waals surface area contributed by atoms with Gasteiger partial charge in [0.2, 0.25) is 0 Å². The van der Waals surface area contributed by atoms with Gasteiger partial charge in [0.25, 0.3) is 5.91 Å². The van der Waals surface area contributed by atoms with E-state index in [-0.39, 0.29) is 11.7 Å². The van der Waals surface area contributed by atoms with Gasteiger partial charge in [-0.15, -0.1) is 0 Å². The molecule has 0 aliphatic carbocycles. The van der Waals surface area contributed by atoms with E-state index in [1.807, 2.05) is 0 Å². The minimum atomic E-state index is -0.465. The van der Waals surface area contributed by atoms with Gasteiger partial charge in [0.1, 0.15) is 11.6 Å². The summed E-state index contributed by atoms with van der Waals surface area (Å²) in [6, 6.07) is 6.50. The summed E-state index contributed by atoms with van der Waals surface area (Å²) in [5.41, 5.74) is 5.84. The number of benzene rings is 1. The lowest BCUT2D eigenvalue weighted by molar-refractivity contribution is 0.0949. The van der Waals surface area contributed by atoms with Crippen molar-refractivity contribution in [3.8, 4) is 5.75 Å². The fourth-order valence-electron chi connectivity index (χ4n) is 1.60. The van der Waals surface area contributed by atoms with Crippen molar-refractivity contribution in [1.29, 1.82) is 5.41 Å². The fraction of sp³-hybridized carbons (Fsp3) is 0.467. The quantitative estimate of drug-likeness (QED) is 0.387. The number of hydrogen-bond acceptors (Lipinski definition) is 3. The Bertz CT molecular complexity index is 443. The summed E-state index contributed by atoms with van der Waals surface area (Å²) in [6.07, 6.45) is 3.36. The second-order valence-corrected chi connectivity index (χ2v) is 4.73. The van der Waals surface area contributed by atoms with Crippen molar-refractivity contribution in [1.82, 2.24) is 5.32 Å². The molecule has 0 spiro atoms. The number of amidine groups is 1. The molecular formula is C15H23N3O2. The lowest BCUT2D eigenvalue weighted by Crippen LogP contribution is -2.41. The van der Waals surface area contributed by atoms with Crippen LogP contribution in [-0.4, -0.2) is 24.4 Å². The summed E-state index contributed by atoms with van der Waals surface area (Å²) < 4.78 is 5.58. The molecule has 0 saturated heterocycles. The molecule has 0 aliphatic rings. The summed E-state index contributed by atoms with van der Waals surface area (Å²) in [4.78, 5) is 11.9. The minimum Gasteiger partial charge on any atom is -0.494 e. The SMILES string of the molecule is CCCCCOc1ccc(C(=O)NC(C)C(=N)N)cc1. The first-order valence-corrected chi connectivity index (χ1v) is 6.92. The van der Waals surface area contributed by atoms with Crippen LogP contribution in [0.15, 0.2) is 24.3 Å². The third kappa shape index (κ3) is 5.30.